The third kappa shape index (κ3) is 3.21. The van der Waals surface area contributed by atoms with E-state index in [-0.39, 0.29) is 6.61 Å². The molecule has 0 aliphatic carbocycles. The Hall–Kier alpha value is -1.42. The molecule has 0 heterocycles. The lowest BCUT2D eigenvalue weighted by Gasteiger charge is -2.03. The van der Waals surface area contributed by atoms with Crippen molar-refractivity contribution in [2.24, 2.45) is 5.18 Å². The number of nitrogens with one attached hydrogen (secondary N) is 1. The summed E-state index contributed by atoms with van der Waals surface area (Å²) in [5.74, 6) is 0. The molecule has 2 N–H and O–H groups in total. The largest absolute Gasteiger partial charge is 0.396 e. The number of aliphatic hydroxyl groups excluding tert-OH is 1. The number of nitrogens with zero attached hydrogens (tertiary/aromatic N) is 1. The van der Waals surface area contributed by atoms with Crippen molar-refractivity contribution in [3.63, 3.8) is 0 Å². The summed E-state index contributed by atoms with van der Waals surface area (Å²) in [6, 6.07) is 6.87. The molecule has 1 rings (SSSR count). The SMILES string of the molecule is O=Nc1ccc(NCCCO)cc1. The van der Waals surface area contributed by atoms with Gasteiger partial charge in [0.05, 0.1) is 0 Å². The highest BCUT2D eigenvalue weighted by atomic mass is 16.3. The van der Waals surface area contributed by atoms with E-state index in [9.17, 15) is 4.91 Å². The molecule has 0 spiro atoms. The Morgan fingerprint density at radius 3 is 2.54 bits per heavy atom. The predicted octanol–water partition coefficient (Wildman–Crippen LogP) is 1.88. The van der Waals surface area contributed by atoms with Crippen molar-refractivity contribution >= 4 is 11.4 Å². The summed E-state index contributed by atoms with van der Waals surface area (Å²) >= 11 is 0. The molecule has 70 valence electrons. The minimum absolute atomic E-state index is 0.182. The summed E-state index contributed by atoms with van der Waals surface area (Å²) in [7, 11) is 0. The van der Waals surface area contributed by atoms with Gasteiger partial charge in [0.2, 0.25) is 0 Å². The van der Waals surface area contributed by atoms with E-state index in [1.54, 1.807) is 24.3 Å². The molecule has 0 aromatic heterocycles. The molecule has 0 fully saturated rings. The molecule has 13 heavy (non-hydrogen) atoms. The third-order valence-electron chi connectivity index (χ3n) is 1.64. The van der Waals surface area contributed by atoms with Crippen LogP contribution in [0.5, 0.6) is 0 Å². The summed E-state index contributed by atoms with van der Waals surface area (Å²) in [6.45, 7) is 0.908. The summed E-state index contributed by atoms with van der Waals surface area (Å²) < 4.78 is 0. The van der Waals surface area contributed by atoms with Crippen LogP contribution in [0.1, 0.15) is 6.42 Å². The predicted molar refractivity (Wildman–Crippen MR) is 52.1 cm³/mol. The number of rotatable bonds is 5. The van der Waals surface area contributed by atoms with Crippen molar-refractivity contribution < 1.29 is 5.11 Å². The number of hydrogen-bond acceptors (Lipinski definition) is 4. The van der Waals surface area contributed by atoms with Gasteiger partial charge in [-0.25, -0.2) is 0 Å². The smallest absolute Gasteiger partial charge is 0.108 e. The molecule has 0 amide bonds. The van der Waals surface area contributed by atoms with Gasteiger partial charge in [0.1, 0.15) is 5.69 Å². The molecule has 0 aliphatic rings. The second kappa shape index (κ2) is 5.27. The highest BCUT2D eigenvalue weighted by Gasteiger charge is 1.92. The van der Waals surface area contributed by atoms with Gasteiger partial charge in [-0.3, -0.25) is 0 Å². The fraction of sp³-hybridized carbons (Fsp3) is 0.333. The molecule has 4 heteroatoms. The van der Waals surface area contributed by atoms with Gasteiger partial charge in [0.15, 0.2) is 0 Å². The second-order valence-electron chi connectivity index (χ2n) is 2.64. The average molecular weight is 180 g/mol. The number of nitroso groups, excluding NO2 is 1. The maximum atomic E-state index is 10.1. The standard InChI is InChI=1S/C9H12N2O2/c12-7-1-6-10-8-2-4-9(11-13)5-3-8/h2-5,10,12H,1,6-7H2. The summed E-state index contributed by atoms with van der Waals surface area (Å²) in [5, 5.41) is 14.4. The van der Waals surface area contributed by atoms with Crippen molar-refractivity contribution in [3.05, 3.63) is 29.2 Å². The Labute approximate surface area is 76.6 Å². The zero-order valence-corrected chi connectivity index (χ0v) is 7.23. The number of benzene rings is 1. The van der Waals surface area contributed by atoms with Crippen LogP contribution in [-0.4, -0.2) is 18.3 Å². The van der Waals surface area contributed by atoms with E-state index >= 15 is 0 Å². The van der Waals surface area contributed by atoms with Gasteiger partial charge in [-0.15, -0.1) is 4.91 Å². The molecule has 1 aromatic carbocycles. The van der Waals surface area contributed by atoms with Crippen LogP contribution in [0.15, 0.2) is 29.4 Å². The van der Waals surface area contributed by atoms with Gasteiger partial charge in [0.25, 0.3) is 0 Å². The fourth-order valence-corrected chi connectivity index (χ4v) is 0.952. The quantitative estimate of drug-likeness (QED) is 0.537. The van der Waals surface area contributed by atoms with Crippen molar-refractivity contribution in [3.8, 4) is 0 Å². The highest BCUT2D eigenvalue weighted by Crippen LogP contribution is 2.15. The van der Waals surface area contributed by atoms with Gasteiger partial charge < -0.3 is 10.4 Å². The molecular weight excluding hydrogens is 168 g/mol. The summed E-state index contributed by atoms with van der Waals surface area (Å²) in [5.41, 5.74) is 1.36. The first-order chi connectivity index (χ1) is 6.36. The Kier molecular flexibility index (Phi) is 3.92. The number of hydrogen-bond donors (Lipinski definition) is 2. The van der Waals surface area contributed by atoms with E-state index in [1.165, 1.54) is 0 Å². The lowest BCUT2D eigenvalue weighted by molar-refractivity contribution is 0.292. The van der Waals surface area contributed by atoms with Crippen LogP contribution in [0.2, 0.25) is 0 Å². The normalized spacial score (nSPS) is 9.62. The molecule has 0 saturated heterocycles. The average Bonchev–Trinajstić information content (AvgIpc) is 2.19. The van der Waals surface area contributed by atoms with Crippen LogP contribution in [0.3, 0.4) is 0 Å². The van der Waals surface area contributed by atoms with Crippen LogP contribution in [0.25, 0.3) is 0 Å². The Bertz CT molecular complexity index is 259. The van der Waals surface area contributed by atoms with Gasteiger partial charge >= 0.3 is 0 Å². The molecule has 4 nitrogen and oxygen atoms in total. The van der Waals surface area contributed by atoms with Crippen molar-refractivity contribution in [1.29, 1.82) is 0 Å². The molecule has 1 aromatic rings. The molecular formula is C9H12N2O2. The Morgan fingerprint density at radius 1 is 1.31 bits per heavy atom. The second-order valence-corrected chi connectivity index (χ2v) is 2.64. The summed E-state index contributed by atoms with van der Waals surface area (Å²) in [4.78, 5) is 10.1. The van der Waals surface area contributed by atoms with E-state index < -0.39 is 0 Å². The fourth-order valence-electron chi connectivity index (χ4n) is 0.952. The number of aliphatic hydroxyl groups is 1. The molecule has 0 aliphatic heterocycles. The van der Waals surface area contributed by atoms with Crippen LogP contribution in [0.4, 0.5) is 11.4 Å². The molecule has 0 atom stereocenters. The van der Waals surface area contributed by atoms with Gasteiger partial charge in [-0.05, 0) is 35.9 Å². The van der Waals surface area contributed by atoms with Crippen molar-refractivity contribution in [2.75, 3.05) is 18.5 Å². The maximum Gasteiger partial charge on any atom is 0.108 e. The van der Waals surface area contributed by atoms with Gasteiger partial charge in [-0.2, -0.15) is 0 Å². The van der Waals surface area contributed by atoms with Gasteiger partial charge in [-0.1, -0.05) is 0 Å². The van der Waals surface area contributed by atoms with E-state index in [4.69, 9.17) is 5.11 Å². The van der Waals surface area contributed by atoms with Crippen LogP contribution in [-0.2, 0) is 0 Å². The molecule has 0 radical (unpaired) electrons. The van der Waals surface area contributed by atoms with E-state index in [1.807, 2.05) is 0 Å². The zero-order chi connectivity index (χ0) is 9.52. The lowest BCUT2D eigenvalue weighted by Crippen LogP contribution is -2.02. The van der Waals surface area contributed by atoms with Crippen molar-refractivity contribution in [1.82, 2.24) is 0 Å². The molecule has 0 unspecified atom stereocenters. The first kappa shape index (κ1) is 9.67. The minimum atomic E-state index is 0.182. The van der Waals surface area contributed by atoms with Crippen molar-refractivity contribution in [2.45, 2.75) is 6.42 Å². The van der Waals surface area contributed by atoms with E-state index in [0.717, 1.165) is 12.2 Å². The number of anilines is 1. The zero-order valence-electron chi connectivity index (χ0n) is 7.23. The van der Waals surface area contributed by atoms with Crippen LogP contribution >= 0.6 is 0 Å². The topological polar surface area (TPSA) is 61.7 Å². The summed E-state index contributed by atoms with van der Waals surface area (Å²) in [6.07, 6.45) is 0.716. The van der Waals surface area contributed by atoms with Crippen LogP contribution < -0.4 is 5.32 Å². The highest BCUT2D eigenvalue weighted by molar-refractivity contribution is 5.50. The molecule has 0 bridgehead atoms. The molecule has 0 saturated carbocycles. The van der Waals surface area contributed by atoms with Gasteiger partial charge in [0, 0.05) is 18.8 Å². The lowest BCUT2D eigenvalue weighted by atomic mass is 10.3. The monoisotopic (exact) mass is 180 g/mol. The first-order valence-electron chi connectivity index (χ1n) is 4.15. The Morgan fingerprint density at radius 2 is 2.00 bits per heavy atom. The minimum Gasteiger partial charge on any atom is -0.396 e. The first-order valence-corrected chi connectivity index (χ1v) is 4.15. The maximum absolute atomic E-state index is 10.1. The Balaban J connectivity index is 2.44. The van der Waals surface area contributed by atoms with E-state index in [2.05, 4.69) is 10.5 Å². The van der Waals surface area contributed by atoms with E-state index in [0.29, 0.717) is 12.1 Å². The van der Waals surface area contributed by atoms with Crippen LogP contribution in [0, 0.1) is 4.91 Å². The third-order valence-corrected chi connectivity index (χ3v) is 1.64.